The third kappa shape index (κ3) is 3.92. The molecule has 0 fully saturated rings. The van der Waals surface area contributed by atoms with Crippen LogP contribution in [0.1, 0.15) is 30.3 Å². The minimum Gasteiger partial charge on any atom is -0.481 e. The van der Waals surface area contributed by atoms with Crippen LogP contribution in [0.4, 0.5) is 0 Å². The highest BCUT2D eigenvalue weighted by atomic mass is 16.4. The van der Waals surface area contributed by atoms with Gasteiger partial charge in [0.2, 0.25) is 0 Å². The van der Waals surface area contributed by atoms with E-state index >= 15 is 0 Å². The number of hydrogen-bond acceptors (Lipinski definition) is 3. The average molecular weight is 287 g/mol. The van der Waals surface area contributed by atoms with Crippen molar-refractivity contribution in [2.75, 3.05) is 0 Å². The lowest BCUT2D eigenvalue weighted by Crippen LogP contribution is -2.34. The molecule has 0 aliphatic heterocycles. The van der Waals surface area contributed by atoms with Crippen molar-refractivity contribution in [3.8, 4) is 5.69 Å². The maximum Gasteiger partial charge on any atom is 0.303 e. The average Bonchev–Trinajstić information content (AvgIpc) is 2.95. The lowest BCUT2D eigenvalue weighted by molar-refractivity contribution is -0.137. The van der Waals surface area contributed by atoms with Crippen LogP contribution in [0.2, 0.25) is 0 Å². The molecule has 0 aliphatic rings. The standard InChI is InChI=1S/C15H17N3O3/c1-11(7-8-14(19)20)17-15(21)13-9-16-10-18(13)12-5-3-2-4-6-12/h2-6,9-11H,7-8H2,1H3,(H,17,21)(H,19,20). The number of carbonyl (C=O) groups is 2. The Morgan fingerprint density at radius 1 is 1.33 bits per heavy atom. The quantitative estimate of drug-likeness (QED) is 0.849. The second-order valence-corrected chi connectivity index (χ2v) is 4.79. The fourth-order valence-electron chi connectivity index (χ4n) is 1.97. The third-order valence-electron chi connectivity index (χ3n) is 3.07. The molecule has 0 spiro atoms. The van der Waals surface area contributed by atoms with Gasteiger partial charge < -0.3 is 10.4 Å². The number of aliphatic carboxylic acids is 1. The Labute approximate surface area is 122 Å². The second-order valence-electron chi connectivity index (χ2n) is 4.79. The monoisotopic (exact) mass is 287 g/mol. The first-order valence-electron chi connectivity index (χ1n) is 6.68. The Kier molecular flexibility index (Phi) is 4.71. The molecule has 2 rings (SSSR count). The molecule has 21 heavy (non-hydrogen) atoms. The zero-order chi connectivity index (χ0) is 15.2. The number of nitrogens with zero attached hydrogens (tertiary/aromatic N) is 2. The van der Waals surface area contributed by atoms with Gasteiger partial charge in [0.1, 0.15) is 5.69 Å². The summed E-state index contributed by atoms with van der Waals surface area (Å²) in [7, 11) is 0. The first kappa shape index (κ1) is 14.8. The SMILES string of the molecule is CC(CCC(=O)O)NC(=O)c1cncn1-c1ccccc1. The molecule has 0 aliphatic carbocycles. The maximum atomic E-state index is 12.2. The van der Waals surface area contributed by atoms with Gasteiger partial charge in [0.15, 0.2) is 0 Å². The van der Waals surface area contributed by atoms with Gasteiger partial charge >= 0.3 is 5.97 Å². The number of para-hydroxylation sites is 1. The first-order valence-corrected chi connectivity index (χ1v) is 6.68. The number of amides is 1. The molecule has 1 amide bonds. The lowest BCUT2D eigenvalue weighted by atomic mass is 10.2. The second kappa shape index (κ2) is 6.69. The number of carbonyl (C=O) groups excluding carboxylic acids is 1. The highest BCUT2D eigenvalue weighted by Gasteiger charge is 2.15. The number of carboxylic acid groups (broad SMARTS) is 1. The number of nitrogens with one attached hydrogen (secondary N) is 1. The Morgan fingerprint density at radius 3 is 2.71 bits per heavy atom. The van der Waals surface area contributed by atoms with Crippen LogP contribution in [0.3, 0.4) is 0 Å². The molecule has 2 N–H and O–H groups in total. The Hall–Kier alpha value is -2.63. The molecule has 1 atom stereocenters. The number of imidazole rings is 1. The Morgan fingerprint density at radius 2 is 2.05 bits per heavy atom. The van der Waals surface area contributed by atoms with E-state index in [2.05, 4.69) is 10.3 Å². The van der Waals surface area contributed by atoms with Crippen LogP contribution in [-0.2, 0) is 4.79 Å². The third-order valence-corrected chi connectivity index (χ3v) is 3.07. The fourth-order valence-corrected chi connectivity index (χ4v) is 1.97. The van der Waals surface area contributed by atoms with Crippen molar-refractivity contribution in [2.45, 2.75) is 25.8 Å². The zero-order valence-electron chi connectivity index (χ0n) is 11.7. The number of hydrogen-bond donors (Lipinski definition) is 2. The Bertz CT molecular complexity index is 622. The van der Waals surface area contributed by atoms with Crippen molar-refractivity contribution in [1.29, 1.82) is 0 Å². The van der Waals surface area contributed by atoms with Gasteiger partial charge in [0.05, 0.1) is 12.5 Å². The smallest absolute Gasteiger partial charge is 0.303 e. The van der Waals surface area contributed by atoms with Crippen molar-refractivity contribution in [3.63, 3.8) is 0 Å². The van der Waals surface area contributed by atoms with E-state index in [1.807, 2.05) is 30.3 Å². The van der Waals surface area contributed by atoms with E-state index in [0.717, 1.165) is 5.69 Å². The van der Waals surface area contributed by atoms with E-state index in [9.17, 15) is 9.59 Å². The predicted molar refractivity (Wildman–Crippen MR) is 77.4 cm³/mol. The first-order chi connectivity index (χ1) is 10.1. The molecule has 6 nitrogen and oxygen atoms in total. The molecule has 0 radical (unpaired) electrons. The van der Waals surface area contributed by atoms with Gasteiger partial charge in [-0.3, -0.25) is 14.2 Å². The molecule has 0 saturated heterocycles. The summed E-state index contributed by atoms with van der Waals surface area (Å²) in [4.78, 5) is 26.8. The van der Waals surface area contributed by atoms with Gasteiger partial charge in [0.25, 0.3) is 5.91 Å². The van der Waals surface area contributed by atoms with Crippen molar-refractivity contribution >= 4 is 11.9 Å². The minimum atomic E-state index is -0.870. The minimum absolute atomic E-state index is 0.0272. The van der Waals surface area contributed by atoms with Crippen LogP contribution in [0.25, 0.3) is 5.69 Å². The van der Waals surface area contributed by atoms with E-state index < -0.39 is 5.97 Å². The van der Waals surface area contributed by atoms with Crippen molar-refractivity contribution < 1.29 is 14.7 Å². The number of carboxylic acids is 1. The number of aromatic nitrogens is 2. The number of rotatable bonds is 6. The number of benzene rings is 1. The molecular weight excluding hydrogens is 270 g/mol. The molecule has 6 heteroatoms. The topological polar surface area (TPSA) is 84.2 Å². The molecule has 110 valence electrons. The summed E-state index contributed by atoms with van der Waals surface area (Å²) in [6.07, 6.45) is 3.48. The molecule has 1 heterocycles. The van der Waals surface area contributed by atoms with Crippen molar-refractivity contribution in [2.24, 2.45) is 0 Å². The van der Waals surface area contributed by atoms with Gasteiger partial charge in [-0.05, 0) is 25.5 Å². The normalized spacial score (nSPS) is 11.9. The van der Waals surface area contributed by atoms with Gasteiger partial charge in [-0.25, -0.2) is 4.98 Å². The zero-order valence-corrected chi connectivity index (χ0v) is 11.7. The van der Waals surface area contributed by atoms with Crippen LogP contribution in [0, 0.1) is 0 Å². The summed E-state index contributed by atoms with van der Waals surface area (Å²) < 4.78 is 1.69. The molecular formula is C15H17N3O3. The molecule has 1 aromatic carbocycles. The summed E-state index contributed by atoms with van der Waals surface area (Å²) in [5.41, 5.74) is 1.27. The van der Waals surface area contributed by atoms with Gasteiger partial charge in [-0.1, -0.05) is 18.2 Å². The van der Waals surface area contributed by atoms with E-state index in [4.69, 9.17) is 5.11 Å². The fraction of sp³-hybridized carbons (Fsp3) is 0.267. The van der Waals surface area contributed by atoms with Crippen LogP contribution >= 0.6 is 0 Å². The summed E-state index contributed by atoms with van der Waals surface area (Å²) in [6, 6.07) is 9.21. The van der Waals surface area contributed by atoms with E-state index in [0.29, 0.717) is 12.1 Å². The summed E-state index contributed by atoms with van der Waals surface area (Å²) >= 11 is 0. The largest absolute Gasteiger partial charge is 0.481 e. The summed E-state index contributed by atoms with van der Waals surface area (Å²) in [6.45, 7) is 1.78. The predicted octanol–water partition coefficient (Wildman–Crippen LogP) is 1.86. The van der Waals surface area contributed by atoms with Crippen LogP contribution in [0.15, 0.2) is 42.9 Å². The van der Waals surface area contributed by atoms with Crippen molar-refractivity contribution in [1.82, 2.24) is 14.9 Å². The molecule has 2 aromatic rings. The highest BCUT2D eigenvalue weighted by Crippen LogP contribution is 2.11. The van der Waals surface area contributed by atoms with Gasteiger partial charge in [0, 0.05) is 18.2 Å². The van der Waals surface area contributed by atoms with Gasteiger partial charge in [-0.15, -0.1) is 0 Å². The van der Waals surface area contributed by atoms with Crippen LogP contribution in [0.5, 0.6) is 0 Å². The van der Waals surface area contributed by atoms with E-state index in [-0.39, 0.29) is 18.4 Å². The molecule has 0 bridgehead atoms. The Balaban J connectivity index is 2.07. The van der Waals surface area contributed by atoms with Crippen molar-refractivity contribution in [3.05, 3.63) is 48.5 Å². The summed E-state index contributed by atoms with van der Waals surface area (Å²) in [5, 5.41) is 11.4. The van der Waals surface area contributed by atoms with E-state index in [1.165, 1.54) is 6.20 Å². The summed E-state index contributed by atoms with van der Waals surface area (Å²) in [5.74, 6) is -1.14. The van der Waals surface area contributed by atoms with Gasteiger partial charge in [-0.2, -0.15) is 0 Å². The van der Waals surface area contributed by atoms with E-state index in [1.54, 1.807) is 17.8 Å². The highest BCUT2D eigenvalue weighted by molar-refractivity contribution is 5.93. The lowest BCUT2D eigenvalue weighted by Gasteiger charge is -2.14. The molecule has 1 aromatic heterocycles. The van der Waals surface area contributed by atoms with Crippen LogP contribution in [-0.4, -0.2) is 32.6 Å². The van der Waals surface area contributed by atoms with Crippen LogP contribution < -0.4 is 5.32 Å². The molecule has 1 unspecified atom stereocenters. The maximum absolute atomic E-state index is 12.2. The molecule has 0 saturated carbocycles.